The zero-order valence-corrected chi connectivity index (χ0v) is 15.2. The lowest BCUT2D eigenvalue weighted by molar-refractivity contribution is -0.138. The molecule has 1 amide bonds. The molecule has 1 aromatic rings. The summed E-state index contributed by atoms with van der Waals surface area (Å²) >= 11 is 5.85. The van der Waals surface area contributed by atoms with Crippen molar-refractivity contribution in [3.63, 3.8) is 0 Å². The number of ether oxygens (including phenoxy) is 1. The molecule has 0 saturated carbocycles. The van der Waals surface area contributed by atoms with Gasteiger partial charge in [0.15, 0.2) is 0 Å². The molecule has 0 aromatic heterocycles. The maximum absolute atomic E-state index is 12.5. The summed E-state index contributed by atoms with van der Waals surface area (Å²) in [6.07, 6.45) is -0.121. The van der Waals surface area contributed by atoms with E-state index in [0.29, 0.717) is 37.0 Å². The molecule has 1 aromatic carbocycles. The number of aliphatic carboxylic acids is 1. The van der Waals surface area contributed by atoms with Gasteiger partial charge in [0, 0.05) is 30.3 Å². The Balaban J connectivity index is 1.87. The molecule has 0 aliphatic carbocycles. The molecule has 1 aliphatic rings. The number of benzene rings is 1. The molecule has 1 fully saturated rings. The quantitative estimate of drug-likeness (QED) is 0.755. The minimum atomic E-state index is -0.870. The Bertz CT molecular complexity index is 596. The zero-order valence-electron chi connectivity index (χ0n) is 14.4. The van der Waals surface area contributed by atoms with Gasteiger partial charge in [-0.15, -0.1) is 0 Å². The van der Waals surface area contributed by atoms with Crippen molar-refractivity contribution in [3.05, 3.63) is 29.3 Å². The van der Waals surface area contributed by atoms with Gasteiger partial charge in [0.2, 0.25) is 5.91 Å². The van der Waals surface area contributed by atoms with Gasteiger partial charge in [-0.2, -0.15) is 0 Å². The molecule has 2 atom stereocenters. The average Bonchev–Trinajstić information content (AvgIpc) is 2.55. The van der Waals surface area contributed by atoms with E-state index in [4.69, 9.17) is 21.4 Å². The lowest BCUT2D eigenvalue weighted by atomic mass is 10.2. The molecule has 1 aliphatic heterocycles. The number of carboxylic acid groups (broad SMARTS) is 1. The van der Waals surface area contributed by atoms with Gasteiger partial charge in [0.25, 0.3) is 0 Å². The van der Waals surface area contributed by atoms with E-state index in [-0.39, 0.29) is 24.6 Å². The van der Waals surface area contributed by atoms with Crippen molar-refractivity contribution in [2.45, 2.75) is 19.1 Å². The predicted octanol–water partition coefficient (Wildman–Crippen LogP) is 1.38. The van der Waals surface area contributed by atoms with E-state index in [1.54, 1.807) is 36.2 Å². The van der Waals surface area contributed by atoms with E-state index in [1.807, 2.05) is 11.8 Å². The SMILES string of the molecule is CC(C(=O)Nc1ccc(Cl)cc1)N1CCOC(CN(C)CC(=O)O)C1. The highest BCUT2D eigenvalue weighted by molar-refractivity contribution is 6.30. The Morgan fingerprint density at radius 2 is 2.12 bits per heavy atom. The van der Waals surface area contributed by atoms with Crippen LogP contribution in [0.25, 0.3) is 0 Å². The van der Waals surface area contributed by atoms with Crippen LogP contribution in [0.2, 0.25) is 5.02 Å². The number of carbonyl (C=O) groups excluding carboxylic acids is 1. The number of halogens is 1. The second-order valence-corrected chi connectivity index (χ2v) is 6.69. The summed E-state index contributed by atoms with van der Waals surface area (Å²) in [6, 6.07) is 6.66. The number of carboxylic acids is 1. The van der Waals surface area contributed by atoms with E-state index in [1.165, 1.54) is 0 Å². The van der Waals surface area contributed by atoms with Crippen LogP contribution < -0.4 is 5.32 Å². The number of likely N-dealkylation sites (N-methyl/N-ethyl adjacent to an activating group) is 1. The lowest BCUT2D eigenvalue weighted by Gasteiger charge is -2.37. The highest BCUT2D eigenvalue weighted by atomic mass is 35.5. The largest absolute Gasteiger partial charge is 0.480 e. The molecule has 7 nitrogen and oxygen atoms in total. The number of hydrogen-bond donors (Lipinski definition) is 2. The standard InChI is InChI=1S/C17H24ClN3O4/c1-12(17(24)19-14-5-3-13(18)4-6-14)21-7-8-25-15(10-21)9-20(2)11-16(22)23/h3-6,12,15H,7-11H2,1-2H3,(H,19,24)(H,22,23). The number of nitrogens with one attached hydrogen (secondary N) is 1. The predicted molar refractivity (Wildman–Crippen MR) is 96.0 cm³/mol. The third-order valence-corrected chi connectivity index (χ3v) is 4.38. The minimum Gasteiger partial charge on any atom is -0.480 e. The van der Waals surface area contributed by atoms with E-state index in [0.717, 1.165) is 0 Å². The molecule has 8 heteroatoms. The number of hydrogen-bond acceptors (Lipinski definition) is 5. The number of carbonyl (C=O) groups is 2. The molecule has 1 saturated heterocycles. The molecule has 2 N–H and O–H groups in total. The molecule has 138 valence electrons. The van der Waals surface area contributed by atoms with Crippen LogP contribution in [0.5, 0.6) is 0 Å². The molecule has 0 radical (unpaired) electrons. The van der Waals surface area contributed by atoms with Crippen LogP contribution in [0.3, 0.4) is 0 Å². The molecular weight excluding hydrogens is 346 g/mol. The van der Waals surface area contributed by atoms with Gasteiger partial charge in [-0.3, -0.25) is 19.4 Å². The third-order valence-electron chi connectivity index (χ3n) is 4.13. The average molecular weight is 370 g/mol. The third kappa shape index (κ3) is 6.28. The van der Waals surface area contributed by atoms with E-state index in [2.05, 4.69) is 5.32 Å². The van der Waals surface area contributed by atoms with Gasteiger partial charge in [0.1, 0.15) is 0 Å². The molecule has 0 bridgehead atoms. The fourth-order valence-corrected chi connectivity index (χ4v) is 2.92. The van der Waals surface area contributed by atoms with Gasteiger partial charge in [-0.25, -0.2) is 0 Å². The van der Waals surface area contributed by atoms with Crippen LogP contribution >= 0.6 is 11.6 Å². The monoisotopic (exact) mass is 369 g/mol. The second kappa shape index (κ2) is 9.15. The number of anilines is 1. The van der Waals surface area contributed by atoms with Crippen LogP contribution in [-0.4, -0.2) is 78.8 Å². The summed E-state index contributed by atoms with van der Waals surface area (Å²) in [5.74, 6) is -0.965. The lowest BCUT2D eigenvalue weighted by Crippen LogP contribution is -2.53. The van der Waals surface area contributed by atoms with Crippen molar-refractivity contribution in [1.29, 1.82) is 0 Å². The molecule has 2 rings (SSSR count). The van der Waals surface area contributed by atoms with Crippen LogP contribution in [0.4, 0.5) is 5.69 Å². The van der Waals surface area contributed by atoms with Gasteiger partial charge in [-0.05, 0) is 38.2 Å². The van der Waals surface area contributed by atoms with Crippen molar-refractivity contribution >= 4 is 29.2 Å². The topological polar surface area (TPSA) is 82.1 Å². The maximum Gasteiger partial charge on any atom is 0.317 e. The Labute approximate surface area is 152 Å². The highest BCUT2D eigenvalue weighted by Gasteiger charge is 2.28. The molecule has 0 spiro atoms. The van der Waals surface area contributed by atoms with Crippen molar-refractivity contribution in [1.82, 2.24) is 9.80 Å². The highest BCUT2D eigenvalue weighted by Crippen LogP contribution is 2.15. The van der Waals surface area contributed by atoms with Crippen molar-refractivity contribution < 1.29 is 19.4 Å². The normalized spacial score (nSPS) is 19.6. The fourth-order valence-electron chi connectivity index (χ4n) is 2.79. The summed E-state index contributed by atoms with van der Waals surface area (Å²) < 4.78 is 5.70. The maximum atomic E-state index is 12.5. The van der Waals surface area contributed by atoms with Crippen LogP contribution in [0.15, 0.2) is 24.3 Å². The molecule has 1 heterocycles. The number of morpholine rings is 1. The Morgan fingerprint density at radius 1 is 1.44 bits per heavy atom. The van der Waals surface area contributed by atoms with Gasteiger partial charge in [-0.1, -0.05) is 11.6 Å². The Morgan fingerprint density at radius 3 is 2.76 bits per heavy atom. The van der Waals surface area contributed by atoms with E-state index in [9.17, 15) is 9.59 Å². The first-order chi connectivity index (χ1) is 11.8. The Kier molecular flexibility index (Phi) is 7.19. The van der Waals surface area contributed by atoms with E-state index >= 15 is 0 Å². The first-order valence-electron chi connectivity index (χ1n) is 8.17. The summed E-state index contributed by atoms with van der Waals surface area (Å²) in [4.78, 5) is 27.0. The molecular formula is C17H24ClN3O4. The smallest absolute Gasteiger partial charge is 0.317 e. The first-order valence-corrected chi connectivity index (χ1v) is 8.55. The van der Waals surface area contributed by atoms with Gasteiger partial charge >= 0.3 is 5.97 Å². The summed E-state index contributed by atoms with van der Waals surface area (Å²) in [7, 11) is 1.74. The van der Waals surface area contributed by atoms with Gasteiger partial charge < -0.3 is 15.2 Å². The number of amides is 1. The first kappa shape index (κ1) is 19.7. The number of nitrogens with zero attached hydrogens (tertiary/aromatic N) is 2. The summed E-state index contributed by atoms with van der Waals surface area (Å²) in [5, 5.41) is 12.3. The van der Waals surface area contributed by atoms with Crippen molar-refractivity contribution in [2.24, 2.45) is 0 Å². The fraction of sp³-hybridized carbons (Fsp3) is 0.529. The van der Waals surface area contributed by atoms with Crippen LogP contribution in [-0.2, 0) is 14.3 Å². The molecule has 2 unspecified atom stereocenters. The zero-order chi connectivity index (χ0) is 18.4. The Hall–Kier alpha value is -1.67. The minimum absolute atomic E-state index is 0.0353. The summed E-state index contributed by atoms with van der Waals surface area (Å²) in [5.41, 5.74) is 0.701. The molecule has 25 heavy (non-hydrogen) atoms. The van der Waals surface area contributed by atoms with Crippen LogP contribution in [0, 0.1) is 0 Å². The summed E-state index contributed by atoms with van der Waals surface area (Å²) in [6.45, 7) is 4.09. The number of rotatable bonds is 7. The van der Waals surface area contributed by atoms with Gasteiger partial charge in [0.05, 0.1) is 25.3 Å². The van der Waals surface area contributed by atoms with Crippen molar-refractivity contribution in [3.8, 4) is 0 Å². The van der Waals surface area contributed by atoms with Crippen molar-refractivity contribution in [2.75, 3.05) is 45.2 Å². The van der Waals surface area contributed by atoms with Crippen LogP contribution in [0.1, 0.15) is 6.92 Å². The van der Waals surface area contributed by atoms with E-state index < -0.39 is 5.97 Å². The second-order valence-electron chi connectivity index (χ2n) is 6.25.